The molecule has 0 bridgehead atoms. The first-order valence-electron chi connectivity index (χ1n) is 7.05. The lowest BCUT2D eigenvalue weighted by molar-refractivity contribution is -0.385. The van der Waals surface area contributed by atoms with Crippen LogP contribution in [0.5, 0.6) is 0 Å². The Morgan fingerprint density at radius 3 is 2.71 bits per heavy atom. The fourth-order valence-electron chi connectivity index (χ4n) is 2.11. The highest BCUT2D eigenvalue weighted by Gasteiger charge is 2.27. The van der Waals surface area contributed by atoms with Crippen LogP contribution in [0.25, 0.3) is 0 Å². The number of hydrogen-bond acceptors (Lipinski definition) is 4. The van der Waals surface area contributed by atoms with Crippen molar-refractivity contribution in [3.63, 3.8) is 0 Å². The zero-order valence-corrected chi connectivity index (χ0v) is 11.8. The molecule has 114 valence electrons. The van der Waals surface area contributed by atoms with E-state index in [1.807, 2.05) is 6.92 Å². The predicted octanol–water partition coefficient (Wildman–Crippen LogP) is 2.84. The monoisotopic (exact) mass is 295 g/mol. The first-order valence-corrected chi connectivity index (χ1v) is 7.05. The summed E-state index contributed by atoms with van der Waals surface area (Å²) < 4.78 is 13.8. The molecule has 2 rings (SSSR count). The standard InChI is InChI=1S/C14H18FN3O3/c1-2-6-16-12-7-10(13(18(20)21)8-11(12)15)14(19)17-9-4-3-5-9/h7-9,16H,2-6H2,1H3,(H,17,19). The summed E-state index contributed by atoms with van der Waals surface area (Å²) in [7, 11) is 0. The molecule has 1 aliphatic carbocycles. The van der Waals surface area contributed by atoms with Crippen molar-refractivity contribution < 1.29 is 14.1 Å². The van der Waals surface area contributed by atoms with Crippen molar-refractivity contribution in [3.05, 3.63) is 33.6 Å². The molecule has 0 atom stereocenters. The van der Waals surface area contributed by atoms with Gasteiger partial charge in [0.1, 0.15) is 5.56 Å². The molecule has 0 radical (unpaired) electrons. The third-order valence-corrected chi connectivity index (χ3v) is 3.53. The van der Waals surface area contributed by atoms with Gasteiger partial charge in [0.25, 0.3) is 11.6 Å². The number of nitrogens with one attached hydrogen (secondary N) is 2. The largest absolute Gasteiger partial charge is 0.383 e. The molecule has 7 heteroatoms. The topological polar surface area (TPSA) is 84.3 Å². The third kappa shape index (κ3) is 3.48. The van der Waals surface area contributed by atoms with Gasteiger partial charge in [0.2, 0.25) is 0 Å². The molecular formula is C14H18FN3O3. The second-order valence-corrected chi connectivity index (χ2v) is 5.13. The Bertz CT molecular complexity index is 559. The molecule has 0 saturated heterocycles. The zero-order valence-electron chi connectivity index (χ0n) is 11.8. The van der Waals surface area contributed by atoms with E-state index in [0.717, 1.165) is 31.7 Å². The molecule has 1 aromatic rings. The van der Waals surface area contributed by atoms with Crippen molar-refractivity contribution in [2.24, 2.45) is 0 Å². The van der Waals surface area contributed by atoms with E-state index in [1.54, 1.807) is 0 Å². The summed E-state index contributed by atoms with van der Waals surface area (Å²) in [6, 6.07) is 2.08. The number of hydrogen-bond donors (Lipinski definition) is 2. The van der Waals surface area contributed by atoms with Gasteiger partial charge in [0, 0.05) is 12.6 Å². The molecule has 1 aromatic carbocycles. The summed E-state index contributed by atoms with van der Waals surface area (Å²) in [5.41, 5.74) is -0.500. The van der Waals surface area contributed by atoms with Gasteiger partial charge in [-0.3, -0.25) is 14.9 Å². The number of carbonyl (C=O) groups is 1. The third-order valence-electron chi connectivity index (χ3n) is 3.53. The van der Waals surface area contributed by atoms with E-state index in [1.165, 1.54) is 6.07 Å². The molecule has 0 spiro atoms. The SMILES string of the molecule is CCCNc1cc(C(=O)NC2CCC2)c([N+](=O)[O-])cc1F. The van der Waals surface area contributed by atoms with Crippen LogP contribution in [0, 0.1) is 15.9 Å². The van der Waals surface area contributed by atoms with Crippen LogP contribution in [0.15, 0.2) is 12.1 Å². The van der Waals surface area contributed by atoms with Gasteiger partial charge in [0.05, 0.1) is 16.7 Å². The van der Waals surface area contributed by atoms with Crippen LogP contribution in [0.1, 0.15) is 43.0 Å². The van der Waals surface area contributed by atoms with Gasteiger partial charge in [-0.1, -0.05) is 6.92 Å². The summed E-state index contributed by atoms with van der Waals surface area (Å²) in [5, 5.41) is 16.6. The number of nitrogens with zero attached hydrogens (tertiary/aromatic N) is 1. The van der Waals surface area contributed by atoms with E-state index in [0.29, 0.717) is 6.54 Å². The van der Waals surface area contributed by atoms with Crippen molar-refractivity contribution in [2.75, 3.05) is 11.9 Å². The Balaban J connectivity index is 2.30. The Kier molecular flexibility index (Phi) is 4.72. The van der Waals surface area contributed by atoms with Crippen LogP contribution >= 0.6 is 0 Å². The van der Waals surface area contributed by atoms with Crippen molar-refractivity contribution >= 4 is 17.3 Å². The first-order chi connectivity index (χ1) is 10.0. The van der Waals surface area contributed by atoms with Crippen molar-refractivity contribution in [1.82, 2.24) is 5.32 Å². The van der Waals surface area contributed by atoms with Crippen LogP contribution in [0.4, 0.5) is 15.8 Å². The Labute approximate surface area is 121 Å². The number of anilines is 1. The summed E-state index contributed by atoms with van der Waals surface area (Å²) in [4.78, 5) is 22.4. The highest BCUT2D eigenvalue weighted by Crippen LogP contribution is 2.27. The summed E-state index contributed by atoms with van der Waals surface area (Å²) in [6.45, 7) is 2.44. The average molecular weight is 295 g/mol. The first kappa shape index (κ1) is 15.2. The van der Waals surface area contributed by atoms with Crippen LogP contribution in [0.3, 0.4) is 0 Å². The van der Waals surface area contributed by atoms with Gasteiger partial charge in [-0.25, -0.2) is 4.39 Å². The summed E-state index contributed by atoms with van der Waals surface area (Å²) >= 11 is 0. The molecule has 0 aliphatic heterocycles. The number of halogens is 1. The predicted molar refractivity (Wildman–Crippen MR) is 76.9 cm³/mol. The lowest BCUT2D eigenvalue weighted by atomic mass is 9.93. The molecule has 0 unspecified atom stereocenters. The zero-order chi connectivity index (χ0) is 15.4. The minimum Gasteiger partial charge on any atom is -0.383 e. The van der Waals surface area contributed by atoms with Crippen molar-refractivity contribution in [3.8, 4) is 0 Å². The van der Waals surface area contributed by atoms with E-state index in [2.05, 4.69) is 10.6 Å². The molecule has 2 N–H and O–H groups in total. The molecule has 0 aromatic heterocycles. The smallest absolute Gasteiger partial charge is 0.285 e. The van der Waals surface area contributed by atoms with E-state index < -0.39 is 22.3 Å². The lowest BCUT2D eigenvalue weighted by Gasteiger charge is -2.26. The van der Waals surface area contributed by atoms with Crippen LogP contribution < -0.4 is 10.6 Å². The van der Waals surface area contributed by atoms with Crippen molar-refractivity contribution in [2.45, 2.75) is 38.6 Å². The minimum absolute atomic E-state index is 0.0641. The fourth-order valence-corrected chi connectivity index (χ4v) is 2.11. The maximum Gasteiger partial charge on any atom is 0.285 e. The second-order valence-electron chi connectivity index (χ2n) is 5.13. The quantitative estimate of drug-likeness (QED) is 0.624. The van der Waals surface area contributed by atoms with E-state index in [9.17, 15) is 19.3 Å². The summed E-state index contributed by atoms with van der Waals surface area (Å²) in [6.07, 6.45) is 3.57. The van der Waals surface area contributed by atoms with E-state index in [4.69, 9.17) is 0 Å². The number of nitro groups is 1. The Hall–Kier alpha value is -2.18. The molecule has 0 heterocycles. The van der Waals surface area contributed by atoms with Crippen LogP contribution in [-0.2, 0) is 0 Å². The number of amides is 1. The molecule has 1 aliphatic rings. The van der Waals surface area contributed by atoms with Crippen molar-refractivity contribution in [1.29, 1.82) is 0 Å². The fraction of sp³-hybridized carbons (Fsp3) is 0.500. The van der Waals surface area contributed by atoms with Gasteiger partial charge < -0.3 is 10.6 Å². The Morgan fingerprint density at radius 2 is 2.19 bits per heavy atom. The highest BCUT2D eigenvalue weighted by molar-refractivity contribution is 5.99. The van der Waals surface area contributed by atoms with Gasteiger partial charge in [-0.05, 0) is 31.7 Å². The van der Waals surface area contributed by atoms with Crippen LogP contribution in [0.2, 0.25) is 0 Å². The van der Waals surface area contributed by atoms with Gasteiger partial charge in [0.15, 0.2) is 5.82 Å². The normalized spacial score (nSPS) is 14.4. The number of carbonyl (C=O) groups excluding carboxylic acids is 1. The van der Waals surface area contributed by atoms with Gasteiger partial charge in [-0.2, -0.15) is 0 Å². The maximum absolute atomic E-state index is 13.8. The molecule has 21 heavy (non-hydrogen) atoms. The Morgan fingerprint density at radius 1 is 1.48 bits per heavy atom. The number of nitro benzene ring substituents is 1. The minimum atomic E-state index is -0.734. The molecule has 1 saturated carbocycles. The second kappa shape index (κ2) is 6.51. The molecule has 1 fully saturated rings. The maximum atomic E-state index is 13.8. The molecular weight excluding hydrogens is 277 g/mol. The molecule has 6 nitrogen and oxygen atoms in total. The number of rotatable bonds is 6. The van der Waals surface area contributed by atoms with Crippen LogP contribution in [-0.4, -0.2) is 23.4 Å². The highest BCUT2D eigenvalue weighted by atomic mass is 19.1. The summed E-state index contributed by atoms with van der Waals surface area (Å²) in [5.74, 6) is -1.25. The average Bonchev–Trinajstić information content (AvgIpc) is 2.40. The lowest BCUT2D eigenvalue weighted by Crippen LogP contribution is -2.39. The van der Waals surface area contributed by atoms with E-state index in [-0.39, 0.29) is 17.3 Å². The number of benzene rings is 1. The molecule has 1 amide bonds. The van der Waals surface area contributed by atoms with Gasteiger partial charge >= 0.3 is 0 Å². The van der Waals surface area contributed by atoms with Gasteiger partial charge in [-0.15, -0.1) is 0 Å². The van der Waals surface area contributed by atoms with E-state index >= 15 is 0 Å².